The number of ether oxygens (including phenoxy) is 1. The second kappa shape index (κ2) is 7.23. The van der Waals surface area contributed by atoms with E-state index < -0.39 is 0 Å². The summed E-state index contributed by atoms with van der Waals surface area (Å²) in [5, 5.41) is 3.39. The normalized spacial score (nSPS) is 10.4. The second-order valence-corrected chi connectivity index (χ2v) is 6.04. The van der Waals surface area contributed by atoms with E-state index in [0.717, 1.165) is 16.1 Å². The molecule has 0 unspecified atom stereocenters. The van der Waals surface area contributed by atoms with Gasteiger partial charge in [0.2, 0.25) is 5.88 Å². The van der Waals surface area contributed by atoms with Crippen LogP contribution in [0.1, 0.15) is 23.0 Å². The topological polar surface area (TPSA) is 64.1 Å². The lowest BCUT2D eigenvalue weighted by Gasteiger charge is -2.07. The number of aryl methyl sites for hydroxylation is 1. The number of carbonyl (C=O) groups excluding carboxylic acids is 1. The number of carbonyl (C=O) groups is 1. The average molecular weight is 339 g/mol. The Labute approximate surface area is 144 Å². The highest BCUT2D eigenvalue weighted by atomic mass is 32.1. The average Bonchev–Trinajstić information content (AvgIpc) is 2.96. The monoisotopic (exact) mass is 339 g/mol. The number of pyridine rings is 1. The van der Waals surface area contributed by atoms with Crippen LogP contribution in [0.15, 0.2) is 48.7 Å². The summed E-state index contributed by atoms with van der Waals surface area (Å²) in [6.07, 6.45) is 1.60. The summed E-state index contributed by atoms with van der Waals surface area (Å²) < 4.78 is 5.41. The number of hydrogen-bond donors (Lipinski definition) is 1. The highest BCUT2D eigenvalue weighted by molar-refractivity contribution is 7.19. The zero-order valence-electron chi connectivity index (χ0n) is 13.4. The Morgan fingerprint density at radius 3 is 2.75 bits per heavy atom. The van der Waals surface area contributed by atoms with Gasteiger partial charge in [0, 0.05) is 6.20 Å². The van der Waals surface area contributed by atoms with E-state index in [2.05, 4.69) is 15.3 Å². The Kier molecular flexibility index (Phi) is 4.86. The fourth-order valence-electron chi connectivity index (χ4n) is 2.29. The van der Waals surface area contributed by atoms with E-state index in [1.54, 1.807) is 18.3 Å². The van der Waals surface area contributed by atoms with E-state index in [-0.39, 0.29) is 5.91 Å². The molecule has 1 N–H and O–H groups in total. The molecule has 0 saturated carbocycles. The van der Waals surface area contributed by atoms with Crippen LogP contribution in [0, 0.1) is 6.92 Å². The lowest BCUT2D eigenvalue weighted by molar-refractivity contribution is 0.102. The van der Waals surface area contributed by atoms with Gasteiger partial charge in [-0.1, -0.05) is 41.7 Å². The molecule has 3 rings (SSSR count). The van der Waals surface area contributed by atoms with Crippen LogP contribution in [0.5, 0.6) is 5.88 Å². The first-order valence-corrected chi connectivity index (χ1v) is 8.42. The largest absolute Gasteiger partial charge is 0.477 e. The first kappa shape index (κ1) is 16.1. The number of rotatable bonds is 5. The van der Waals surface area contributed by atoms with Crippen molar-refractivity contribution in [2.45, 2.75) is 13.8 Å². The van der Waals surface area contributed by atoms with Crippen LogP contribution >= 0.6 is 11.3 Å². The second-order valence-electron chi connectivity index (χ2n) is 5.04. The third-order valence-corrected chi connectivity index (χ3v) is 4.47. The lowest BCUT2D eigenvalue weighted by Crippen LogP contribution is -2.14. The van der Waals surface area contributed by atoms with Crippen LogP contribution in [0.25, 0.3) is 10.4 Å². The Hall–Kier alpha value is -2.73. The maximum atomic E-state index is 12.5. The Bertz CT molecular complexity index is 846. The third kappa shape index (κ3) is 3.44. The SMILES string of the molecule is CCOc1ncccc1C(=O)Nc1nc(C)c(-c2ccccc2)s1. The minimum Gasteiger partial charge on any atom is -0.477 e. The van der Waals surface area contributed by atoms with E-state index in [1.165, 1.54) is 11.3 Å². The molecule has 122 valence electrons. The van der Waals surface area contributed by atoms with E-state index in [4.69, 9.17) is 4.74 Å². The molecular formula is C18H17N3O2S. The first-order valence-electron chi connectivity index (χ1n) is 7.61. The number of thiazole rings is 1. The quantitative estimate of drug-likeness (QED) is 0.758. The number of benzene rings is 1. The van der Waals surface area contributed by atoms with Crippen LogP contribution < -0.4 is 10.1 Å². The van der Waals surface area contributed by atoms with Crippen molar-refractivity contribution in [2.24, 2.45) is 0 Å². The van der Waals surface area contributed by atoms with Crippen molar-refractivity contribution < 1.29 is 9.53 Å². The predicted molar refractivity (Wildman–Crippen MR) is 95.6 cm³/mol. The van der Waals surface area contributed by atoms with Gasteiger partial charge in [0.1, 0.15) is 5.56 Å². The van der Waals surface area contributed by atoms with Crippen molar-refractivity contribution in [1.82, 2.24) is 9.97 Å². The Morgan fingerprint density at radius 2 is 2.00 bits per heavy atom. The summed E-state index contributed by atoms with van der Waals surface area (Å²) in [6, 6.07) is 13.4. The molecular weight excluding hydrogens is 322 g/mol. The molecule has 0 aliphatic carbocycles. The Balaban J connectivity index is 1.83. The van der Waals surface area contributed by atoms with E-state index in [0.29, 0.717) is 23.2 Å². The maximum Gasteiger partial charge on any atom is 0.262 e. The molecule has 2 heterocycles. The van der Waals surface area contributed by atoms with Crippen LogP contribution in [0.2, 0.25) is 0 Å². The van der Waals surface area contributed by atoms with Gasteiger partial charge in [-0.05, 0) is 31.5 Å². The molecule has 0 saturated heterocycles. The zero-order chi connectivity index (χ0) is 16.9. The van der Waals surface area contributed by atoms with Crippen molar-refractivity contribution >= 4 is 22.4 Å². The van der Waals surface area contributed by atoms with Gasteiger partial charge >= 0.3 is 0 Å². The molecule has 0 spiro atoms. The molecule has 24 heavy (non-hydrogen) atoms. The smallest absolute Gasteiger partial charge is 0.262 e. The molecule has 1 aromatic carbocycles. The first-order chi connectivity index (χ1) is 11.7. The Morgan fingerprint density at radius 1 is 1.21 bits per heavy atom. The molecule has 0 aliphatic heterocycles. The molecule has 0 atom stereocenters. The van der Waals surface area contributed by atoms with Gasteiger partial charge in [-0.25, -0.2) is 9.97 Å². The zero-order valence-corrected chi connectivity index (χ0v) is 14.3. The summed E-state index contributed by atoms with van der Waals surface area (Å²) in [7, 11) is 0. The van der Waals surface area contributed by atoms with Gasteiger partial charge in [-0.15, -0.1) is 0 Å². The maximum absolute atomic E-state index is 12.5. The van der Waals surface area contributed by atoms with Crippen molar-refractivity contribution in [2.75, 3.05) is 11.9 Å². The van der Waals surface area contributed by atoms with Crippen molar-refractivity contribution in [3.63, 3.8) is 0 Å². The molecule has 0 radical (unpaired) electrons. The molecule has 2 aromatic heterocycles. The summed E-state index contributed by atoms with van der Waals surface area (Å²) in [5.41, 5.74) is 2.37. The number of aromatic nitrogens is 2. The molecule has 3 aromatic rings. The van der Waals surface area contributed by atoms with Gasteiger partial charge in [0.25, 0.3) is 5.91 Å². The van der Waals surface area contributed by atoms with Gasteiger partial charge in [0.15, 0.2) is 5.13 Å². The summed E-state index contributed by atoms with van der Waals surface area (Å²) in [6.45, 7) is 4.24. The van der Waals surface area contributed by atoms with Gasteiger partial charge in [0.05, 0.1) is 17.2 Å². The van der Waals surface area contributed by atoms with Crippen molar-refractivity contribution in [3.8, 4) is 16.3 Å². The standard InChI is InChI=1S/C18H17N3O2S/c1-3-23-17-14(10-7-11-19-17)16(22)21-18-20-12(2)15(24-18)13-8-5-4-6-9-13/h4-11H,3H2,1-2H3,(H,20,21,22). The fourth-order valence-corrected chi connectivity index (χ4v) is 3.25. The molecule has 5 nitrogen and oxygen atoms in total. The minimum atomic E-state index is -0.278. The number of nitrogens with zero attached hydrogens (tertiary/aromatic N) is 2. The summed E-state index contributed by atoms with van der Waals surface area (Å²) in [4.78, 5) is 22.1. The predicted octanol–water partition coefficient (Wildman–Crippen LogP) is 4.16. The number of hydrogen-bond acceptors (Lipinski definition) is 5. The lowest BCUT2D eigenvalue weighted by atomic mass is 10.2. The van der Waals surface area contributed by atoms with Crippen LogP contribution in [-0.4, -0.2) is 22.5 Å². The molecule has 0 fully saturated rings. The molecule has 6 heteroatoms. The highest BCUT2D eigenvalue weighted by Crippen LogP contribution is 2.32. The summed E-state index contributed by atoms with van der Waals surface area (Å²) in [5.74, 6) is 0.0500. The van der Waals surface area contributed by atoms with E-state index in [9.17, 15) is 4.79 Å². The van der Waals surface area contributed by atoms with Gasteiger partial charge in [-0.2, -0.15) is 0 Å². The molecule has 1 amide bonds. The highest BCUT2D eigenvalue weighted by Gasteiger charge is 2.16. The summed E-state index contributed by atoms with van der Waals surface area (Å²) >= 11 is 1.45. The third-order valence-electron chi connectivity index (χ3n) is 3.35. The van der Waals surface area contributed by atoms with Crippen LogP contribution in [0.4, 0.5) is 5.13 Å². The van der Waals surface area contributed by atoms with Crippen LogP contribution in [-0.2, 0) is 0 Å². The van der Waals surface area contributed by atoms with Gasteiger partial charge in [-0.3, -0.25) is 10.1 Å². The fraction of sp³-hybridized carbons (Fsp3) is 0.167. The molecule has 0 bridgehead atoms. The minimum absolute atomic E-state index is 0.278. The van der Waals surface area contributed by atoms with E-state index >= 15 is 0 Å². The van der Waals surface area contributed by atoms with Crippen LogP contribution in [0.3, 0.4) is 0 Å². The molecule has 0 aliphatic rings. The van der Waals surface area contributed by atoms with Crippen molar-refractivity contribution in [3.05, 3.63) is 59.9 Å². The number of anilines is 1. The number of nitrogens with one attached hydrogen (secondary N) is 1. The number of amides is 1. The van der Waals surface area contributed by atoms with Crippen molar-refractivity contribution in [1.29, 1.82) is 0 Å². The van der Waals surface area contributed by atoms with E-state index in [1.807, 2.05) is 44.2 Å². The van der Waals surface area contributed by atoms with Gasteiger partial charge < -0.3 is 4.74 Å².